The van der Waals surface area contributed by atoms with E-state index in [1.165, 1.54) is 0 Å². The molecule has 0 radical (unpaired) electrons. The highest BCUT2D eigenvalue weighted by atomic mass is 16.5. The molecule has 5 rings (SSSR count). The minimum Gasteiger partial charge on any atom is -0.497 e. The van der Waals surface area contributed by atoms with E-state index in [-0.39, 0.29) is 11.7 Å². The molecular weight excluding hydrogens is 388 g/mol. The van der Waals surface area contributed by atoms with Crippen molar-refractivity contribution in [3.8, 4) is 5.75 Å². The van der Waals surface area contributed by atoms with Gasteiger partial charge < -0.3 is 9.47 Å². The zero-order valence-electron chi connectivity index (χ0n) is 17.2. The third kappa shape index (κ3) is 2.98. The molecule has 0 saturated heterocycles. The van der Waals surface area contributed by atoms with E-state index in [0.29, 0.717) is 24.2 Å². The van der Waals surface area contributed by atoms with Crippen molar-refractivity contribution in [3.63, 3.8) is 0 Å². The first-order chi connectivity index (χ1) is 15.1. The molecule has 0 spiro atoms. The third-order valence-corrected chi connectivity index (χ3v) is 6.32. The third-order valence-electron chi connectivity index (χ3n) is 6.32. The number of ketones is 1. The van der Waals surface area contributed by atoms with Crippen LogP contribution in [0.5, 0.6) is 5.75 Å². The lowest BCUT2D eigenvalue weighted by molar-refractivity contribution is -0.140. The zero-order valence-corrected chi connectivity index (χ0v) is 17.2. The molecule has 0 saturated carbocycles. The molecule has 31 heavy (non-hydrogen) atoms. The minimum atomic E-state index is -1.22. The molecule has 3 aromatic carbocycles. The number of hydrogen-bond acceptors (Lipinski definition) is 4. The number of carbonyl (C=O) groups is 2. The zero-order chi connectivity index (χ0) is 21.4. The van der Waals surface area contributed by atoms with Crippen LogP contribution in [-0.2, 0) is 19.7 Å². The van der Waals surface area contributed by atoms with Gasteiger partial charge in [-0.1, -0.05) is 72.8 Å². The number of ether oxygens (including phenoxy) is 2. The fraction of sp³-hybridized carbons (Fsp3) is 0.185. The van der Waals surface area contributed by atoms with E-state index in [1.54, 1.807) is 7.11 Å². The number of hydrogen-bond donors (Lipinski definition) is 0. The van der Waals surface area contributed by atoms with Gasteiger partial charge >= 0.3 is 5.97 Å². The second kappa shape index (κ2) is 7.55. The van der Waals surface area contributed by atoms with Gasteiger partial charge in [0.15, 0.2) is 5.78 Å². The summed E-state index contributed by atoms with van der Waals surface area (Å²) in [5.41, 5.74) is 1.81. The number of benzene rings is 3. The fourth-order valence-electron chi connectivity index (χ4n) is 4.86. The fourth-order valence-corrected chi connectivity index (χ4v) is 4.86. The van der Waals surface area contributed by atoms with Gasteiger partial charge in [-0.25, -0.2) is 4.79 Å². The van der Waals surface area contributed by atoms with Crippen molar-refractivity contribution in [2.45, 2.75) is 24.2 Å². The molecular formula is C27H22O4. The smallest absolute Gasteiger partial charge is 0.331 e. The molecule has 1 heterocycles. The van der Waals surface area contributed by atoms with Gasteiger partial charge in [-0.05, 0) is 34.7 Å². The van der Waals surface area contributed by atoms with Gasteiger partial charge in [0.2, 0.25) is 0 Å². The molecule has 154 valence electrons. The highest BCUT2D eigenvalue weighted by Gasteiger charge is 2.57. The van der Waals surface area contributed by atoms with Crippen molar-refractivity contribution in [1.29, 1.82) is 0 Å². The van der Waals surface area contributed by atoms with Crippen LogP contribution in [0.4, 0.5) is 0 Å². The lowest BCUT2D eigenvalue weighted by Crippen LogP contribution is -2.39. The van der Waals surface area contributed by atoms with E-state index in [9.17, 15) is 9.59 Å². The Kier molecular flexibility index (Phi) is 4.70. The molecule has 4 nitrogen and oxygen atoms in total. The lowest BCUT2D eigenvalue weighted by atomic mass is 9.65. The number of allylic oxidation sites excluding steroid dienone is 1. The highest BCUT2D eigenvalue weighted by molar-refractivity contribution is 6.11. The lowest BCUT2D eigenvalue weighted by Gasteiger charge is -2.31. The van der Waals surface area contributed by atoms with Crippen LogP contribution >= 0.6 is 0 Å². The first-order valence-electron chi connectivity index (χ1n) is 10.4. The van der Waals surface area contributed by atoms with E-state index in [0.717, 1.165) is 22.4 Å². The summed E-state index contributed by atoms with van der Waals surface area (Å²) < 4.78 is 11.1. The van der Waals surface area contributed by atoms with Crippen molar-refractivity contribution in [2.24, 2.45) is 0 Å². The molecule has 0 bridgehead atoms. The maximum atomic E-state index is 13.6. The van der Waals surface area contributed by atoms with Gasteiger partial charge in [0.05, 0.1) is 12.7 Å². The van der Waals surface area contributed by atoms with Gasteiger partial charge in [0.25, 0.3) is 0 Å². The van der Waals surface area contributed by atoms with Crippen molar-refractivity contribution in [2.75, 3.05) is 7.11 Å². The summed E-state index contributed by atoms with van der Waals surface area (Å²) in [6, 6.07) is 26.7. The van der Waals surface area contributed by atoms with Crippen molar-refractivity contribution < 1.29 is 19.1 Å². The molecule has 0 N–H and O–H groups in total. The molecule has 3 aromatic rings. The average molecular weight is 410 g/mol. The highest BCUT2D eigenvalue weighted by Crippen LogP contribution is 2.52. The van der Waals surface area contributed by atoms with Gasteiger partial charge in [0, 0.05) is 12.8 Å². The summed E-state index contributed by atoms with van der Waals surface area (Å²) >= 11 is 0. The van der Waals surface area contributed by atoms with E-state index < -0.39 is 11.4 Å². The van der Waals surface area contributed by atoms with E-state index in [1.807, 2.05) is 84.9 Å². The second-order valence-electron chi connectivity index (χ2n) is 7.97. The van der Waals surface area contributed by atoms with E-state index >= 15 is 0 Å². The van der Waals surface area contributed by atoms with Crippen LogP contribution in [0.1, 0.15) is 35.4 Å². The van der Waals surface area contributed by atoms with Gasteiger partial charge in [-0.3, -0.25) is 4.79 Å². The number of carbonyl (C=O) groups excluding carboxylic acids is 2. The summed E-state index contributed by atoms with van der Waals surface area (Å²) in [6.07, 6.45) is 0.851. The quantitative estimate of drug-likeness (QED) is 0.572. The summed E-state index contributed by atoms with van der Waals surface area (Å²) in [5.74, 6) is 0.784. The first-order valence-corrected chi connectivity index (χ1v) is 10.4. The maximum absolute atomic E-state index is 13.6. The van der Waals surface area contributed by atoms with E-state index in [4.69, 9.17) is 9.47 Å². The average Bonchev–Trinajstić information content (AvgIpc) is 3.13. The molecule has 1 atom stereocenters. The normalized spacial score (nSPS) is 19.7. The van der Waals surface area contributed by atoms with Crippen LogP contribution in [0, 0.1) is 0 Å². The summed E-state index contributed by atoms with van der Waals surface area (Å²) in [4.78, 5) is 27.1. The predicted molar refractivity (Wildman–Crippen MR) is 117 cm³/mol. The monoisotopic (exact) mass is 410 g/mol. The molecule has 0 aromatic heterocycles. The number of rotatable bonds is 4. The summed E-state index contributed by atoms with van der Waals surface area (Å²) in [6.45, 7) is 0. The molecule has 1 aliphatic heterocycles. The standard InChI is InChI=1S/C27H22O4/c1-30-22-14-12-18(13-15-22)19-16-23(28)25-24(17-19)31-26(29)27(25,20-8-4-2-5-9-20)21-10-6-3-7-11-21/h2-15,19H,16-17H2,1H3. The van der Waals surface area contributed by atoms with Crippen LogP contribution in [0.25, 0.3) is 0 Å². The second-order valence-corrected chi connectivity index (χ2v) is 7.97. The largest absolute Gasteiger partial charge is 0.497 e. The van der Waals surface area contributed by atoms with Gasteiger partial charge in [-0.15, -0.1) is 0 Å². The van der Waals surface area contributed by atoms with Crippen LogP contribution < -0.4 is 4.74 Å². The molecule has 2 aliphatic rings. The van der Waals surface area contributed by atoms with Crippen LogP contribution in [0.3, 0.4) is 0 Å². The maximum Gasteiger partial charge on any atom is 0.331 e. The van der Waals surface area contributed by atoms with Crippen molar-refractivity contribution in [1.82, 2.24) is 0 Å². The Labute approximate surface area is 181 Å². The Balaban J connectivity index is 1.64. The Morgan fingerprint density at radius 3 is 1.94 bits per heavy atom. The van der Waals surface area contributed by atoms with Gasteiger partial charge in [-0.2, -0.15) is 0 Å². The Morgan fingerprint density at radius 1 is 0.806 bits per heavy atom. The summed E-state index contributed by atoms with van der Waals surface area (Å²) in [7, 11) is 1.63. The molecule has 4 heteroatoms. The van der Waals surface area contributed by atoms with E-state index in [2.05, 4.69) is 0 Å². The SMILES string of the molecule is COc1ccc(C2CC(=O)C3=C(C2)OC(=O)C3(c2ccccc2)c2ccccc2)cc1. The summed E-state index contributed by atoms with van der Waals surface area (Å²) in [5, 5.41) is 0. The molecule has 1 aliphatic carbocycles. The molecule has 0 amide bonds. The van der Waals surface area contributed by atoms with Gasteiger partial charge in [0.1, 0.15) is 16.9 Å². The predicted octanol–water partition coefficient (Wildman–Crippen LogP) is 4.94. The number of esters is 1. The molecule has 1 unspecified atom stereocenters. The first kappa shape index (κ1) is 19.3. The van der Waals surface area contributed by atoms with Crippen LogP contribution in [-0.4, -0.2) is 18.9 Å². The van der Waals surface area contributed by atoms with Crippen LogP contribution in [0.2, 0.25) is 0 Å². The van der Waals surface area contributed by atoms with Crippen molar-refractivity contribution in [3.05, 3.63) is 113 Å². The van der Waals surface area contributed by atoms with Crippen LogP contribution in [0.15, 0.2) is 96.3 Å². The van der Waals surface area contributed by atoms with Crippen molar-refractivity contribution >= 4 is 11.8 Å². The minimum absolute atomic E-state index is 0.0349. The Hall–Kier alpha value is -3.66. The topological polar surface area (TPSA) is 52.6 Å². The number of Topliss-reactive ketones (excluding diaryl/α,β-unsaturated/α-hetero) is 1. The Morgan fingerprint density at radius 2 is 1.39 bits per heavy atom. The molecule has 0 fully saturated rings. The Bertz CT molecular complexity index is 1120. The number of methoxy groups -OCH3 is 1.